The Morgan fingerprint density at radius 2 is 2.06 bits per heavy atom. The molecule has 3 nitrogen and oxygen atoms in total. The lowest BCUT2D eigenvalue weighted by Gasteiger charge is -2.28. The fourth-order valence-electron chi connectivity index (χ4n) is 2.91. The Labute approximate surface area is 111 Å². The van der Waals surface area contributed by atoms with Gasteiger partial charge in [0, 0.05) is 25.6 Å². The number of carbonyl (C=O) groups is 1. The van der Waals surface area contributed by atoms with E-state index in [4.69, 9.17) is 0 Å². The summed E-state index contributed by atoms with van der Waals surface area (Å²) in [5.74, 6) is 1.69. The van der Waals surface area contributed by atoms with E-state index < -0.39 is 0 Å². The molecule has 1 heterocycles. The maximum atomic E-state index is 12.1. The van der Waals surface area contributed by atoms with Crippen molar-refractivity contribution in [1.29, 1.82) is 0 Å². The zero-order valence-corrected chi connectivity index (χ0v) is 12.3. The van der Waals surface area contributed by atoms with Gasteiger partial charge in [0.1, 0.15) is 0 Å². The van der Waals surface area contributed by atoms with E-state index in [1.54, 1.807) is 0 Å². The van der Waals surface area contributed by atoms with Gasteiger partial charge in [0.15, 0.2) is 0 Å². The molecule has 0 aromatic heterocycles. The molecule has 1 N–H and O–H groups in total. The predicted molar refractivity (Wildman–Crippen MR) is 74.3 cm³/mol. The second-order valence-corrected chi connectivity index (χ2v) is 7.07. The highest BCUT2D eigenvalue weighted by atomic mass is 16.2. The molecule has 1 aliphatic carbocycles. The molecule has 2 rings (SSSR count). The van der Waals surface area contributed by atoms with Crippen LogP contribution < -0.4 is 5.32 Å². The van der Waals surface area contributed by atoms with E-state index in [1.807, 2.05) is 0 Å². The van der Waals surface area contributed by atoms with Crippen LogP contribution in [0.3, 0.4) is 0 Å². The average Bonchev–Trinajstić information content (AvgIpc) is 3.03. The molecule has 0 aromatic rings. The lowest BCUT2D eigenvalue weighted by Crippen LogP contribution is -2.43. The summed E-state index contributed by atoms with van der Waals surface area (Å²) < 4.78 is 0. The minimum Gasteiger partial charge on any atom is -0.341 e. The van der Waals surface area contributed by atoms with Gasteiger partial charge in [-0.2, -0.15) is 0 Å². The number of likely N-dealkylation sites (tertiary alicyclic amines) is 1. The van der Waals surface area contributed by atoms with Gasteiger partial charge in [-0.05, 0) is 36.6 Å². The summed E-state index contributed by atoms with van der Waals surface area (Å²) in [6.45, 7) is 11.8. The van der Waals surface area contributed by atoms with Crippen LogP contribution in [0.5, 0.6) is 0 Å². The van der Waals surface area contributed by atoms with Crippen LogP contribution >= 0.6 is 0 Å². The van der Waals surface area contributed by atoms with E-state index in [0.29, 0.717) is 17.9 Å². The fraction of sp³-hybridized carbons (Fsp3) is 0.933. The number of amides is 1. The van der Waals surface area contributed by atoms with Gasteiger partial charge in [-0.25, -0.2) is 0 Å². The maximum absolute atomic E-state index is 12.1. The van der Waals surface area contributed by atoms with Gasteiger partial charge in [-0.3, -0.25) is 4.79 Å². The van der Waals surface area contributed by atoms with Gasteiger partial charge in [0.05, 0.1) is 0 Å². The Morgan fingerprint density at radius 1 is 1.39 bits per heavy atom. The highest BCUT2D eigenvalue weighted by Crippen LogP contribution is 2.36. The number of hydrogen-bond acceptors (Lipinski definition) is 2. The first kappa shape index (κ1) is 13.9. The van der Waals surface area contributed by atoms with Crippen LogP contribution in [0.25, 0.3) is 0 Å². The molecule has 2 atom stereocenters. The van der Waals surface area contributed by atoms with E-state index in [9.17, 15) is 4.79 Å². The molecule has 0 radical (unpaired) electrons. The van der Waals surface area contributed by atoms with Crippen molar-refractivity contribution in [3.8, 4) is 0 Å². The molecule has 18 heavy (non-hydrogen) atoms. The van der Waals surface area contributed by atoms with Crippen LogP contribution in [0, 0.1) is 17.3 Å². The molecule has 2 fully saturated rings. The van der Waals surface area contributed by atoms with E-state index in [-0.39, 0.29) is 5.41 Å². The molecule has 2 aliphatic rings. The summed E-state index contributed by atoms with van der Waals surface area (Å²) >= 11 is 0. The lowest BCUT2D eigenvalue weighted by molar-refractivity contribution is -0.128. The van der Waals surface area contributed by atoms with E-state index in [2.05, 4.69) is 37.9 Å². The summed E-state index contributed by atoms with van der Waals surface area (Å²) in [7, 11) is 0. The van der Waals surface area contributed by atoms with Gasteiger partial charge in [0.2, 0.25) is 5.91 Å². The third-order valence-corrected chi connectivity index (χ3v) is 4.51. The highest BCUT2D eigenvalue weighted by molar-refractivity contribution is 5.78. The first-order chi connectivity index (χ1) is 8.41. The van der Waals surface area contributed by atoms with Crippen molar-refractivity contribution in [2.24, 2.45) is 17.3 Å². The molecule has 1 aliphatic heterocycles. The first-order valence-corrected chi connectivity index (χ1v) is 7.43. The van der Waals surface area contributed by atoms with Crippen molar-refractivity contribution < 1.29 is 4.79 Å². The Balaban J connectivity index is 1.91. The van der Waals surface area contributed by atoms with Crippen LogP contribution in [0.4, 0.5) is 0 Å². The van der Waals surface area contributed by atoms with Gasteiger partial charge < -0.3 is 10.2 Å². The summed E-state index contributed by atoms with van der Waals surface area (Å²) in [6.07, 6.45) is 3.41. The van der Waals surface area contributed by atoms with Crippen molar-refractivity contribution in [2.45, 2.75) is 53.0 Å². The van der Waals surface area contributed by atoms with Crippen molar-refractivity contribution in [3.05, 3.63) is 0 Å². The minimum absolute atomic E-state index is 0.248. The van der Waals surface area contributed by atoms with Gasteiger partial charge >= 0.3 is 0 Å². The van der Waals surface area contributed by atoms with E-state index >= 15 is 0 Å². The average molecular weight is 252 g/mol. The smallest absolute Gasteiger partial charge is 0.222 e. The Hall–Kier alpha value is -0.570. The minimum atomic E-state index is 0.248. The summed E-state index contributed by atoms with van der Waals surface area (Å²) in [5.41, 5.74) is 0.248. The Bertz CT molecular complexity index is 304. The Kier molecular flexibility index (Phi) is 4.00. The van der Waals surface area contributed by atoms with Crippen molar-refractivity contribution in [3.63, 3.8) is 0 Å². The zero-order valence-electron chi connectivity index (χ0n) is 12.3. The predicted octanol–water partition coefficient (Wildman–Crippen LogP) is 2.27. The molecule has 1 saturated heterocycles. The van der Waals surface area contributed by atoms with Crippen LogP contribution in [0.1, 0.15) is 47.0 Å². The third kappa shape index (κ3) is 3.25. The molecule has 0 bridgehead atoms. The van der Waals surface area contributed by atoms with Crippen LogP contribution in [-0.4, -0.2) is 36.5 Å². The van der Waals surface area contributed by atoms with Crippen LogP contribution in [0.2, 0.25) is 0 Å². The number of carbonyl (C=O) groups excluding carboxylic acids is 1. The Morgan fingerprint density at radius 3 is 2.50 bits per heavy atom. The SMILES string of the molecule is CCNC(CN1CC(C(C)(C)C)CC1=O)C1CC1. The van der Waals surface area contributed by atoms with E-state index in [0.717, 1.165) is 32.0 Å². The number of rotatable bonds is 5. The zero-order chi connectivity index (χ0) is 13.3. The maximum Gasteiger partial charge on any atom is 0.222 e. The molecule has 2 unspecified atom stereocenters. The van der Waals surface area contributed by atoms with Crippen molar-refractivity contribution >= 4 is 5.91 Å². The van der Waals surface area contributed by atoms with Gasteiger partial charge in [-0.1, -0.05) is 27.7 Å². The number of hydrogen-bond donors (Lipinski definition) is 1. The molecule has 0 aromatic carbocycles. The number of nitrogens with zero attached hydrogens (tertiary/aromatic N) is 1. The second-order valence-electron chi connectivity index (χ2n) is 7.07. The molecular formula is C15H28N2O. The number of likely N-dealkylation sites (N-methyl/N-ethyl adjacent to an activating group) is 1. The molecule has 0 spiro atoms. The van der Waals surface area contributed by atoms with E-state index in [1.165, 1.54) is 12.8 Å². The quantitative estimate of drug-likeness (QED) is 0.814. The first-order valence-electron chi connectivity index (χ1n) is 7.43. The largest absolute Gasteiger partial charge is 0.341 e. The topological polar surface area (TPSA) is 32.3 Å². The van der Waals surface area contributed by atoms with Gasteiger partial charge in [0.25, 0.3) is 0 Å². The molecule has 3 heteroatoms. The standard InChI is InChI=1S/C15H28N2O/c1-5-16-13(11-6-7-11)10-17-9-12(8-14(17)18)15(2,3)4/h11-13,16H,5-10H2,1-4H3. The number of nitrogens with one attached hydrogen (secondary N) is 1. The summed E-state index contributed by atoms with van der Waals surface area (Å²) in [4.78, 5) is 14.2. The second kappa shape index (κ2) is 5.20. The fourth-order valence-corrected chi connectivity index (χ4v) is 2.91. The van der Waals surface area contributed by atoms with Crippen molar-refractivity contribution in [2.75, 3.05) is 19.6 Å². The van der Waals surface area contributed by atoms with Crippen LogP contribution in [0.15, 0.2) is 0 Å². The third-order valence-electron chi connectivity index (χ3n) is 4.51. The monoisotopic (exact) mass is 252 g/mol. The lowest BCUT2D eigenvalue weighted by atomic mass is 9.80. The summed E-state index contributed by atoms with van der Waals surface area (Å²) in [6, 6.07) is 0.526. The van der Waals surface area contributed by atoms with Gasteiger partial charge in [-0.15, -0.1) is 0 Å². The molecular weight excluding hydrogens is 224 g/mol. The molecule has 104 valence electrons. The summed E-state index contributed by atoms with van der Waals surface area (Å²) in [5, 5.41) is 3.55. The van der Waals surface area contributed by atoms with Crippen molar-refractivity contribution in [1.82, 2.24) is 10.2 Å². The molecule has 1 amide bonds. The van der Waals surface area contributed by atoms with Crippen LogP contribution in [-0.2, 0) is 4.79 Å². The molecule has 1 saturated carbocycles. The normalized spacial score (nSPS) is 26.8. The highest BCUT2D eigenvalue weighted by Gasteiger charge is 2.39.